The average Bonchev–Trinajstić information content (AvgIpc) is 2.76. The van der Waals surface area contributed by atoms with Crippen molar-refractivity contribution >= 4 is 46.1 Å². The zero-order valence-corrected chi connectivity index (χ0v) is 10.8. The summed E-state index contributed by atoms with van der Waals surface area (Å²) in [6.07, 6.45) is 1.50. The van der Waals surface area contributed by atoms with E-state index in [2.05, 4.69) is 15.3 Å². The number of hydrogen-bond acceptors (Lipinski definition) is 4. The molecule has 0 saturated heterocycles. The van der Waals surface area contributed by atoms with Crippen LogP contribution >= 0.6 is 34.5 Å². The first kappa shape index (κ1) is 12.3. The molecule has 17 heavy (non-hydrogen) atoms. The lowest BCUT2D eigenvalue weighted by Crippen LogP contribution is -2.15. The van der Waals surface area contributed by atoms with Crippen LogP contribution in [0.5, 0.6) is 0 Å². The van der Waals surface area contributed by atoms with E-state index < -0.39 is 0 Å². The summed E-state index contributed by atoms with van der Waals surface area (Å²) in [7, 11) is 0. The minimum Gasteiger partial charge on any atom is -0.321 e. The summed E-state index contributed by atoms with van der Waals surface area (Å²) in [4.78, 5) is 19.2. The van der Waals surface area contributed by atoms with Gasteiger partial charge in [0.25, 0.3) is 0 Å². The minimum atomic E-state index is -0.206. The van der Waals surface area contributed by atoms with E-state index in [1.54, 1.807) is 0 Å². The Bertz CT molecular complexity index is 510. The van der Waals surface area contributed by atoms with Gasteiger partial charge in [-0.3, -0.25) is 4.79 Å². The monoisotopic (exact) mass is 287 g/mol. The predicted octanol–water partition coefficient (Wildman–Crippen LogP) is 3.03. The van der Waals surface area contributed by atoms with Gasteiger partial charge in [0.05, 0.1) is 6.42 Å². The molecule has 1 N–H and O–H groups in total. The fraction of sp³-hybridized carbons (Fsp3) is 0.100. The highest BCUT2D eigenvalue weighted by molar-refractivity contribution is 7.08. The van der Waals surface area contributed by atoms with E-state index in [1.165, 1.54) is 17.7 Å². The summed E-state index contributed by atoms with van der Waals surface area (Å²) in [6.45, 7) is 0. The number of carbonyl (C=O) groups is 1. The highest BCUT2D eigenvalue weighted by atomic mass is 35.5. The number of carbonyl (C=O) groups excluding carboxylic acids is 1. The lowest BCUT2D eigenvalue weighted by Gasteiger charge is -2.06. The van der Waals surface area contributed by atoms with Crippen molar-refractivity contribution < 1.29 is 4.79 Å². The second kappa shape index (κ2) is 5.44. The quantitative estimate of drug-likeness (QED) is 0.883. The Morgan fingerprint density at radius 3 is 2.65 bits per heavy atom. The molecule has 2 aromatic heterocycles. The van der Waals surface area contributed by atoms with Crippen molar-refractivity contribution in [1.29, 1.82) is 0 Å². The Morgan fingerprint density at radius 1 is 1.35 bits per heavy atom. The molecular formula is C10H7Cl2N3OS. The van der Waals surface area contributed by atoms with Crippen LogP contribution in [-0.4, -0.2) is 15.9 Å². The van der Waals surface area contributed by atoms with Gasteiger partial charge in [0.2, 0.25) is 5.91 Å². The van der Waals surface area contributed by atoms with Gasteiger partial charge in [-0.15, -0.1) is 0 Å². The van der Waals surface area contributed by atoms with Crippen LogP contribution in [0.25, 0.3) is 0 Å². The SMILES string of the molecule is O=C(Cc1ccsc1)Nc1c(Cl)ncnc1Cl. The number of rotatable bonds is 3. The maximum atomic E-state index is 11.7. The zero-order valence-electron chi connectivity index (χ0n) is 8.48. The fourth-order valence-corrected chi connectivity index (χ4v) is 2.29. The van der Waals surface area contributed by atoms with E-state index in [0.717, 1.165) is 5.56 Å². The van der Waals surface area contributed by atoms with Crippen molar-refractivity contribution in [1.82, 2.24) is 9.97 Å². The van der Waals surface area contributed by atoms with Gasteiger partial charge in [-0.2, -0.15) is 11.3 Å². The molecule has 2 aromatic rings. The molecule has 0 unspecified atom stereocenters. The Balaban J connectivity index is 2.08. The van der Waals surface area contributed by atoms with Gasteiger partial charge in [0.1, 0.15) is 12.0 Å². The van der Waals surface area contributed by atoms with Gasteiger partial charge in [0.15, 0.2) is 10.3 Å². The zero-order chi connectivity index (χ0) is 12.3. The fourth-order valence-electron chi connectivity index (χ4n) is 1.21. The molecule has 0 bridgehead atoms. The summed E-state index contributed by atoms with van der Waals surface area (Å²) in [6, 6.07) is 1.88. The minimum absolute atomic E-state index is 0.128. The average molecular weight is 288 g/mol. The molecule has 0 aliphatic heterocycles. The number of anilines is 1. The van der Waals surface area contributed by atoms with Crippen molar-refractivity contribution in [2.24, 2.45) is 0 Å². The standard InChI is InChI=1S/C10H7Cl2N3OS/c11-9-8(10(12)14-5-13-9)15-7(16)3-6-1-2-17-4-6/h1-2,4-5H,3H2,(H,15,16). The van der Waals surface area contributed by atoms with E-state index in [0.29, 0.717) is 0 Å². The summed E-state index contributed by atoms with van der Waals surface area (Å²) in [5.74, 6) is -0.206. The van der Waals surface area contributed by atoms with Gasteiger partial charge < -0.3 is 5.32 Å². The first-order chi connectivity index (χ1) is 8.16. The van der Waals surface area contributed by atoms with Crippen molar-refractivity contribution in [3.8, 4) is 0 Å². The number of thiophene rings is 1. The molecule has 0 atom stereocenters. The molecule has 0 fully saturated rings. The Kier molecular flexibility index (Phi) is 3.93. The Labute approximate surface area is 112 Å². The molecule has 7 heteroatoms. The van der Waals surface area contributed by atoms with Gasteiger partial charge >= 0.3 is 0 Å². The lowest BCUT2D eigenvalue weighted by atomic mass is 10.2. The van der Waals surface area contributed by atoms with Crippen LogP contribution in [0.4, 0.5) is 5.69 Å². The van der Waals surface area contributed by atoms with E-state index in [1.807, 2.05) is 16.8 Å². The van der Waals surface area contributed by atoms with Crippen LogP contribution < -0.4 is 5.32 Å². The van der Waals surface area contributed by atoms with E-state index in [-0.39, 0.29) is 28.3 Å². The van der Waals surface area contributed by atoms with Crippen LogP contribution in [0.2, 0.25) is 10.3 Å². The van der Waals surface area contributed by atoms with Crippen LogP contribution in [0, 0.1) is 0 Å². The summed E-state index contributed by atoms with van der Waals surface area (Å²) < 4.78 is 0. The van der Waals surface area contributed by atoms with E-state index in [9.17, 15) is 4.79 Å². The third-order valence-corrected chi connectivity index (χ3v) is 3.27. The third-order valence-electron chi connectivity index (χ3n) is 1.96. The number of hydrogen-bond donors (Lipinski definition) is 1. The topological polar surface area (TPSA) is 54.9 Å². The van der Waals surface area contributed by atoms with Gasteiger partial charge in [0, 0.05) is 0 Å². The maximum Gasteiger partial charge on any atom is 0.228 e. The van der Waals surface area contributed by atoms with Gasteiger partial charge in [-0.1, -0.05) is 23.2 Å². The van der Waals surface area contributed by atoms with E-state index >= 15 is 0 Å². The summed E-state index contributed by atoms with van der Waals surface area (Å²) in [5, 5.41) is 6.67. The molecule has 2 rings (SSSR count). The molecule has 0 saturated carbocycles. The molecule has 0 aliphatic rings. The molecule has 0 aromatic carbocycles. The molecule has 4 nitrogen and oxygen atoms in total. The van der Waals surface area contributed by atoms with Crippen molar-refractivity contribution in [3.63, 3.8) is 0 Å². The highest BCUT2D eigenvalue weighted by Crippen LogP contribution is 2.25. The van der Waals surface area contributed by atoms with Crippen LogP contribution in [0.3, 0.4) is 0 Å². The maximum absolute atomic E-state index is 11.7. The van der Waals surface area contributed by atoms with Crippen molar-refractivity contribution in [3.05, 3.63) is 39.0 Å². The van der Waals surface area contributed by atoms with Crippen molar-refractivity contribution in [2.45, 2.75) is 6.42 Å². The molecule has 88 valence electrons. The first-order valence-corrected chi connectivity index (χ1v) is 6.33. The smallest absolute Gasteiger partial charge is 0.228 e. The molecule has 0 aliphatic carbocycles. The Morgan fingerprint density at radius 2 is 2.06 bits per heavy atom. The molecule has 0 spiro atoms. The number of halogens is 2. The predicted molar refractivity (Wildman–Crippen MR) is 68.7 cm³/mol. The lowest BCUT2D eigenvalue weighted by molar-refractivity contribution is -0.115. The molecule has 2 heterocycles. The second-order valence-electron chi connectivity index (χ2n) is 3.19. The second-order valence-corrected chi connectivity index (χ2v) is 4.68. The number of aromatic nitrogens is 2. The summed E-state index contributed by atoms with van der Waals surface area (Å²) >= 11 is 13.2. The molecular weight excluding hydrogens is 281 g/mol. The van der Waals surface area contributed by atoms with E-state index in [4.69, 9.17) is 23.2 Å². The van der Waals surface area contributed by atoms with Gasteiger partial charge in [-0.05, 0) is 22.4 Å². The highest BCUT2D eigenvalue weighted by Gasteiger charge is 2.12. The van der Waals surface area contributed by atoms with Gasteiger partial charge in [-0.25, -0.2) is 9.97 Å². The van der Waals surface area contributed by atoms with Crippen LogP contribution in [0.1, 0.15) is 5.56 Å². The summed E-state index contributed by atoms with van der Waals surface area (Å²) in [5.41, 5.74) is 1.19. The number of nitrogens with zero attached hydrogens (tertiary/aromatic N) is 2. The molecule has 0 radical (unpaired) electrons. The van der Waals surface area contributed by atoms with Crippen LogP contribution in [0.15, 0.2) is 23.2 Å². The Hall–Kier alpha value is -1.17. The largest absolute Gasteiger partial charge is 0.321 e. The van der Waals surface area contributed by atoms with Crippen LogP contribution in [-0.2, 0) is 11.2 Å². The normalized spacial score (nSPS) is 10.2. The first-order valence-electron chi connectivity index (χ1n) is 4.63. The number of amides is 1. The number of nitrogens with one attached hydrogen (secondary N) is 1. The molecule has 1 amide bonds. The third kappa shape index (κ3) is 3.15. The van der Waals surface area contributed by atoms with Crippen molar-refractivity contribution in [2.75, 3.05) is 5.32 Å².